The molecule has 0 bridgehead atoms. The van der Waals surface area contributed by atoms with Crippen molar-refractivity contribution in [3.8, 4) is 11.5 Å². The second-order valence-electron chi connectivity index (χ2n) is 4.39. The molecule has 0 saturated carbocycles. The van der Waals surface area contributed by atoms with Crippen LogP contribution in [0.5, 0.6) is 11.5 Å². The van der Waals surface area contributed by atoms with Crippen LogP contribution in [-0.2, 0) is 0 Å². The van der Waals surface area contributed by atoms with Gasteiger partial charge in [-0.1, -0.05) is 0 Å². The van der Waals surface area contributed by atoms with E-state index in [1.54, 1.807) is 20.3 Å². The molecule has 0 spiro atoms. The minimum absolute atomic E-state index is 0.0554. The number of urea groups is 1. The summed E-state index contributed by atoms with van der Waals surface area (Å²) in [6.07, 6.45) is 0. The van der Waals surface area contributed by atoms with Crippen LogP contribution in [0, 0.1) is 19.3 Å². The van der Waals surface area contributed by atoms with Crippen LogP contribution in [-0.4, -0.2) is 32.8 Å². The van der Waals surface area contributed by atoms with Crippen molar-refractivity contribution in [3.05, 3.63) is 17.2 Å². The normalized spacial score (nSPS) is 9.76. The topological polar surface area (TPSA) is 95.5 Å². The summed E-state index contributed by atoms with van der Waals surface area (Å²) < 4.78 is 10.6. The molecule has 0 aromatic heterocycles. The smallest absolute Gasteiger partial charge is 0.326 e. The van der Waals surface area contributed by atoms with Crippen molar-refractivity contribution < 1.29 is 14.3 Å². The molecule has 1 rings (SSSR count). The first-order chi connectivity index (χ1) is 9.94. The third kappa shape index (κ3) is 4.01. The first-order valence-corrected chi connectivity index (χ1v) is 6.57. The molecule has 0 unspecified atom stereocenters. The van der Waals surface area contributed by atoms with Crippen LogP contribution < -0.4 is 25.4 Å². The van der Waals surface area contributed by atoms with Crippen LogP contribution in [0.1, 0.15) is 18.1 Å². The Labute approximate surface area is 124 Å². The predicted molar refractivity (Wildman–Crippen MR) is 82.6 cm³/mol. The van der Waals surface area contributed by atoms with Gasteiger partial charge in [-0.15, -0.1) is 0 Å². The van der Waals surface area contributed by atoms with Crippen molar-refractivity contribution in [2.75, 3.05) is 26.1 Å². The molecule has 1 aromatic carbocycles. The van der Waals surface area contributed by atoms with Gasteiger partial charge < -0.3 is 20.1 Å². The fourth-order valence-corrected chi connectivity index (χ4v) is 1.95. The van der Waals surface area contributed by atoms with Gasteiger partial charge in [0.25, 0.3) is 0 Å². The molecule has 7 nitrogen and oxygen atoms in total. The number of carbonyl (C=O) groups is 1. The maximum absolute atomic E-state index is 11.9. The lowest BCUT2D eigenvalue weighted by Gasteiger charge is -2.18. The molecule has 116 valence electrons. The van der Waals surface area contributed by atoms with Crippen molar-refractivity contribution in [2.45, 2.75) is 20.8 Å². The molecule has 0 saturated heterocycles. The minimum Gasteiger partial charge on any atom is -0.496 e. The fourth-order valence-electron chi connectivity index (χ4n) is 1.95. The summed E-state index contributed by atoms with van der Waals surface area (Å²) in [5, 5.41) is 15.3. The van der Waals surface area contributed by atoms with Crippen LogP contribution in [0.3, 0.4) is 0 Å². The van der Waals surface area contributed by atoms with E-state index in [0.29, 0.717) is 23.7 Å². The average molecular weight is 294 g/mol. The Kier molecular flexibility index (Phi) is 5.83. The molecule has 0 aliphatic heterocycles. The summed E-state index contributed by atoms with van der Waals surface area (Å²) in [7, 11) is 3.11. The second-order valence-corrected chi connectivity index (χ2v) is 4.39. The molecule has 0 heterocycles. The number of methoxy groups -OCH3 is 2. The van der Waals surface area contributed by atoms with Crippen LogP contribution in [0.4, 0.5) is 10.5 Å². The number of amides is 2. The molecular weight excluding hydrogens is 272 g/mol. The van der Waals surface area contributed by atoms with Gasteiger partial charge in [-0.25, -0.2) is 4.79 Å². The third-order valence-corrected chi connectivity index (χ3v) is 3.02. The van der Waals surface area contributed by atoms with Crippen molar-refractivity contribution >= 4 is 17.7 Å². The molecule has 0 radical (unpaired) electrons. The van der Waals surface area contributed by atoms with E-state index in [1.165, 1.54) is 0 Å². The zero-order chi connectivity index (χ0) is 16.0. The molecule has 0 fully saturated rings. The highest BCUT2D eigenvalue weighted by Gasteiger charge is 2.16. The highest BCUT2D eigenvalue weighted by Crippen LogP contribution is 2.36. The van der Waals surface area contributed by atoms with E-state index in [2.05, 4.69) is 16.0 Å². The molecule has 4 N–H and O–H groups in total. The van der Waals surface area contributed by atoms with E-state index in [-0.39, 0.29) is 5.96 Å². The van der Waals surface area contributed by atoms with E-state index < -0.39 is 6.03 Å². The molecular formula is C14H22N4O3. The number of guanidine groups is 1. The summed E-state index contributed by atoms with van der Waals surface area (Å²) in [5.74, 6) is 1.18. The summed E-state index contributed by atoms with van der Waals surface area (Å²) in [6, 6.07) is 1.27. The lowest BCUT2D eigenvalue weighted by molar-refractivity contribution is 0.255. The highest BCUT2D eigenvalue weighted by molar-refractivity contribution is 6.02. The van der Waals surface area contributed by atoms with Gasteiger partial charge in [0.1, 0.15) is 11.5 Å². The zero-order valence-corrected chi connectivity index (χ0v) is 13.0. The Balaban J connectivity index is 3.01. The summed E-state index contributed by atoms with van der Waals surface area (Å²) in [6.45, 7) is 6.09. The van der Waals surface area contributed by atoms with Gasteiger partial charge in [-0.3, -0.25) is 10.7 Å². The largest absolute Gasteiger partial charge is 0.496 e. The average Bonchev–Trinajstić information content (AvgIpc) is 2.44. The predicted octanol–water partition coefficient (Wildman–Crippen LogP) is 1.99. The van der Waals surface area contributed by atoms with Crippen molar-refractivity contribution in [3.63, 3.8) is 0 Å². The number of anilines is 1. The second kappa shape index (κ2) is 7.37. The number of hydrogen-bond donors (Lipinski definition) is 4. The fraction of sp³-hybridized carbons (Fsp3) is 0.429. The molecule has 21 heavy (non-hydrogen) atoms. The van der Waals surface area contributed by atoms with Crippen LogP contribution in [0.15, 0.2) is 6.07 Å². The molecule has 0 aliphatic rings. The Bertz CT molecular complexity index is 515. The molecule has 0 aliphatic carbocycles. The molecule has 1 aromatic rings. The first-order valence-electron chi connectivity index (χ1n) is 6.57. The van der Waals surface area contributed by atoms with E-state index in [4.69, 9.17) is 14.9 Å². The van der Waals surface area contributed by atoms with Crippen molar-refractivity contribution in [1.82, 2.24) is 10.6 Å². The lowest BCUT2D eigenvalue weighted by atomic mass is 10.1. The van der Waals surface area contributed by atoms with Crippen LogP contribution in [0.25, 0.3) is 0 Å². The number of rotatable bonds is 4. The summed E-state index contributed by atoms with van der Waals surface area (Å²) in [5.41, 5.74) is 2.19. The van der Waals surface area contributed by atoms with Gasteiger partial charge >= 0.3 is 6.03 Å². The molecule has 0 atom stereocenters. The Morgan fingerprint density at radius 1 is 1.19 bits per heavy atom. The number of nitrogens with one attached hydrogen (secondary N) is 4. The van der Waals surface area contributed by atoms with Gasteiger partial charge in [0.15, 0.2) is 5.96 Å². The SMILES string of the molecule is CCNC(=N)NC(=O)Nc1c(C)c(OC)cc(OC)c1C. The van der Waals surface area contributed by atoms with E-state index in [9.17, 15) is 4.79 Å². The number of ether oxygens (including phenoxy) is 2. The Morgan fingerprint density at radius 3 is 2.14 bits per heavy atom. The highest BCUT2D eigenvalue weighted by atomic mass is 16.5. The minimum atomic E-state index is -0.498. The van der Waals surface area contributed by atoms with Gasteiger partial charge in [0, 0.05) is 23.7 Å². The molecule has 7 heteroatoms. The van der Waals surface area contributed by atoms with Gasteiger partial charge in [-0.2, -0.15) is 0 Å². The van der Waals surface area contributed by atoms with Crippen molar-refractivity contribution in [1.29, 1.82) is 5.41 Å². The van der Waals surface area contributed by atoms with E-state index in [1.807, 2.05) is 20.8 Å². The maximum atomic E-state index is 11.9. The first kappa shape index (κ1) is 16.6. The van der Waals surface area contributed by atoms with Gasteiger partial charge in [0.05, 0.1) is 19.9 Å². The van der Waals surface area contributed by atoms with Gasteiger partial charge in [-0.05, 0) is 20.8 Å². The quantitative estimate of drug-likeness (QED) is 0.504. The van der Waals surface area contributed by atoms with Crippen LogP contribution >= 0.6 is 0 Å². The Morgan fingerprint density at radius 2 is 1.71 bits per heavy atom. The van der Waals surface area contributed by atoms with E-state index in [0.717, 1.165) is 11.1 Å². The number of hydrogen-bond acceptors (Lipinski definition) is 4. The lowest BCUT2D eigenvalue weighted by Crippen LogP contribution is -2.42. The monoisotopic (exact) mass is 294 g/mol. The number of benzene rings is 1. The zero-order valence-electron chi connectivity index (χ0n) is 13.0. The molecule has 2 amide bonds. The maximum Gasteiger partial charge on any atom is 0.326 e. The summed E-state index contributed by atoms with van der Waals surface area (Å²) >= 11 is 0. The van der Waals surface area contributed by atoms with Gasteiger partial charge in [0.2, 0.25) is 0 Å². The van der Waals surface area contributed by atoms with Crippen LogP contribution in [0.2, 0.25) is 0 Å². The summed E-state index contributed by atoms with van der Waals surface area (Å²) in [4.78, 5) is 11.9. The number of carbonyl (C=O) groups excluding carboxylic acids is 1. The van der Waals surface area contributed by atoms with Crippen molar-refractivity contribution in [2.24, 2.45) is 0 Å². The van der Waals surface area contributed by atoms with E-state index >= 15 is 0 Å². The Hall–Kier alpha value is -2.44. The standard InChI is InChI=1S/C14H22N4O3/c1-6-16-13(15)18-14(19)17-12-8(2)10(20-4)7-11(21-5)9(12)3/h7H,6H2,1-5H3,(H4,15,16,17,18,19). The third-order valence-electron chi connectivity index (χ3n) is 3.02.